The van der Waals surface area contributed by atoms with Gasteiger partial charge < -0.3 is 15.1 Å². The van der Waals surface area contributed by atoms with E-state index >= 15 is 0 Å². The van der Waals surface area contributed by atoms with Crippen LogP contribution in [0.4, 0.5) is 10.6 Å². The molecular formula is C23H31N7O. The zero-order valence-electron chi connectivity index (χ0n) is 18.6. The number of amides is 2. The zero-order chi connectivity index (χ0) is 21.8. The first kappa shape index (κ1) is 21.1. The molecule has 164 valence electrons. The lowest BCUT2D eigenvalue weighted by molar-refractivity contribution is 0.202. The molecule has 31 heavy (non-hydrogen) atoms. The number of carbonyl (C=O) groups excluding carboxylic acids is 1. The molecule has 0 saturated carbocycles. The van der Waals surface area contributed by atoms with Crippen LogP contribution in [-0.2, 0) is 0 Å². The number of carbonyl (C=O) groups is 1. The third kappa shape index (κ3) is 4.33. The monoisotopic (exact) mass is 421 g/mol. The van der Waals surface area contributed by atoms with Gasteiger partial charge in [-0.15, -0.1) is 0 Å². The van der Waals surface area contributed by atoms with Gasteiger partial charge in [0.15, 0.2) is 5.65 Å². The van der Waals surface area contributed by atoms with Gasteiger partial charge >= 0.3 is 6.03 Å². The molecule has 4 rings (SSSR count). The van der Waals surface area contributed by atoms with Crippen molar-refractivity contribution < 1.29 is 4.79 Å². The molecule has 1 aliphatic heterocycles. The van der Waals surface area contributed by atoms with Gasteiger partial charge in [0.2, 0.25) is 0 Å². The average Bonchev–Trinajstić information content (AvgIpc) is 3.07. The summed E-state index contributed by atoms with van der Waals surface area (Å²) in [6.07, 6.45) is 3.73. The van der Waals surface area contributed by atoms with E-state index < -0.39 is 0 Å². The molecule has 1 aromatic carbocycles. The molecule has 2 aromatic heterocycles. The fourth-order valence-electron chi connectivity index (χ4n) is 3.91. The highest BCUT2D eigenvalue weighted by atomic mass is 16.2. The summed E-state index contributed by atoms with van der Waals surface area (Å²) in [6, 6.07) is 10.1. The van der Waals surface area contributed by atoms with Crippen molar-refractivity contribution in [3.8, 4) is 5.69 Å². The first-order valence-corrected chi connectivity index (χ1v) is 11.2. The normalized spacial score (nSPS) is 15.7. The van der Waals surface area contributed by atoms with Crippen LogP contribution in [0.3, 0.4) is 0 Å². The van der Waals surface area contributed by atoms with Crippen LogP contribution in [0.25, 0.3) is 16.7 Å². The van der Waals surface area contributed by atoms with Gasteiger partial charge in [-0.1, -0.05) is 32.0 Å². The van der Waals surface area contributed by atoms with Crippen LogP contribution in [-0.4, -0.2) is 63.4 Å². The van der Waals surface area contributed by atoms with Gasteiger partial charge in [-0.2, -0.15) is 5.10 Å². The Bertz CT molecular complexity index is 1030. The molecular weight excluding hydrogens is 390 g/mol. The second-order valence-corrected chi connectivity index (χ2v) is 8.01. The quantitative estimate of drug-likeness (QED) is 0.681. The van der Waals surface area contributed by atoms with Gasteiger partial charge in [-0.05, 0) is 31.9 Å². The molecule has 0 aliphatic carbocycles. The lowest BCUT2D eigenvalue weighted by Gasteiger charge is -2.24. The lowest BCUT2D eigenvalue weighted by Crippen LogP contribution is -2.42. The van der Waals surface area contributed by atoms with Gasteiger partial charge in [0.1, 0.15) is 11.6 Å². The van der Waals surface area contributed by atoms with Crippen molar-refractivity contribution in [1.29, 1.82) is 0 Å². The van der Waals surface area contributed by atoms with E-state index in [2.05, 4.69) is 29.2 Å². The fraction of sp³-hybridized carbons (Fsp3) is 0.478. The number of hydrogen-bond donors (Lipinski definition) is 1. The number of nitrogens with zero attached hydrogens (tertiary/aromatic N) is 6. The van der Waals surface area contributed by atoms with E-state index in [4.69, 9.17) is 9.97 Å². The van der Waals surface area contributed by atoms with Gasteiger partial charge in [0.05, 0.1) is 17.3 Å². The highest BCUT2D eigenvalue weighted by molar-refractivity contribution is 5.88. The number of urea groups is 1. The number of rotatable bonds is 5. The molecule has 2 amide bonds. The Morgan fingerprint density at radius 2 is 1.90 bits per heavy atom. The molecule has 1 atom stereocenters. The zero-order valence-corrected chi connectivity index (χ0v) is 18.6. The summed E-state index contributed by atoms with van der Waals surface area (Å²) in [4.78, 5) is 26.4. The number of para-hydroxylation sites is 1. The van der Waals surface area contributed by atoms with E-state index in [1.807, 2.05) is 53.0 Å². The summed E-state index contributed by atoms with van der Waals surface area (Å²) in [6.45, 7) is 9.90. The maximum atomic E-state index is 12.3. The van der Waals surface area contributed by atoms with Crippen molar-refractivity contribution in [3.63, 3.8) is 0 Å². The minimum atomic E-state index is 0.00868. The second-order valence-electron chi connectivity index (χ2n) is 8.01. The van der Waals surface area contributed by atoms with Crippen LogP contribution in [0.1, 0.15) is 45.4 Å². The predicted octanol–water partition coefficient (Wildman–Crippen LogP) is 3.57. The van der Waals surface area contributed by atoms with Crippen molar-refractivity contribution >= 4 is 22.9 Å². The van der Waals surface area contributed by atoms with E-state index in [-0.39, 0.29) is 11.9 Å². The Morgan fingerprint density at radius 1 is 1.10 bits per heavy atom. The highest BCUT2D eigenvalue weighted by Gasteiger charge is 2.24. The summed E-state index contributed by atoms with van der Waals surface area (Å²) < 4.78 is 1.89. The van der Waals surface area contributed by atoms with E-state index in [0.29, 0.717) is 13.1 Å². The van der Waals surface area contributed by atoms with Crippen LogP contribution >= 0.6 is 0 Å². The average molecular weight is 422 g/mol. The second kappa shape index (κ2) is 9.32. The minimum absolute atomic E-state index is 0.00868. The fourth-order valence-corrected chi connectivity index (χ4v) is 3.91. The molecule has 3 aromatic rings. The van der Waals surface area contributed by atoms with Gasteiger partial charge in [-0.3, -0.25) is 0 Å². The van der Waals surface area contributed by atoms with Crippen molar-refractivity contribution in [3.05, 3.63) is 42.4 Å². The number of fused-ring (bicyclic) bond motifs is 1. The van der Waals surface area contributed by atoms with E-state index in [1.165, 1.54) is 0 Å². The first-order valence-electron chi connectivity index (χ1n) is 11.2. The number of aromatic nitrogens is 4. The summed E-state index contributed by atoms with van der Waals surface area (Å²) in [5, 5.41) is 8.51. The molecule has 1 fully saturated rings. The molecule has 1 aliphatic rings. The minimum Gasteiger partial charge on any atom is -0.354 e. The van der Waals surface area contributed by atoms with Crippen molar-refractivity contribution in [2.45, 2.75) is 39.5 Å². The largest absolute Gasteiger partial charge is 0.354 e. The third-order valence-corrected chi connectivity index (χ3v) is 5.89. The van der Waals surface area contributed by atoms with Crippen LogP contribution in [0.2, 0.25) is 0 Å². The Hall–Kier alpha value is -3.16. The summed E-state index contributed by atoms with van der Waals surface area (Å²) in [7, 11) is 0. The topological polar surface area (TPSA) is 79.2 Å². The summed E-state index contributed by atoms with van der Waals surface area (Å²) >= 11 is 0. The molecule has 1 unspecified atom stereocenters. The van der Waals surface area contributed by atoms with Crippen molar-refractivity contribution in [1.82, 2.24) is 30.0 Å². The first-order chi connectivity index (χ1) is 15.1. The molecule has 0 bridgehead atoms. The van der Waals surface area contributed by atoms with Crippen LogP contribution in [0, 0.1) is 0 Å². The standard InChI is InChI=1S/C23H31N7O/c1-4-17(3)20-26-21(28-12-9-13-29(15-14-28)23(31)24-5-2)19-16-25-30(22(19)27-20)18-10-7-6-8-11-18/h6-8,10-11,16-17H,4-5,9,12-15H2,1-3H3,(H,24,31). The molecule has 3 heterocycles. The molecule has 1 saturated heterocycles. The smallest absolute Gasteiger partial charge is 0.317 e. The lowest BCUT2D eigenvalue weighted by atomic mass is 10.1. The molecule has 8 nitrogen and oxygen atoms in total. The molecule has 0 radical (unpaired) electrons. The number of anilines is 1. The predicted molar refractivity (Wildman–Crippen MR) is 123 cm³/mol. The Morgan fingerprint density at radius 3 is 2.65 bits per heavy atom. The maximum absolute atomic E-state index is 12.3. The van der Waals surface area contributed by atoms with Gasteiger partial charge in [-0.25, -0.2) is 19.4 Å². The maximum Gasteiger partial charge on any atom is 0.317 e. The van der Waals surface area contributed by atoms with Crippen molar-refractivity contribution in [2.24, 2.45) is 0 Å². The van der Waals surface area contributed by atoms with Crippen LogP contribution < -0.4 is 10.2 Å². The van der Waals surface area contributed by atoms with E-state index in [9.17, 15) is 4.79 Å². The van der Waals surface area contributed by atoms with Gasteiger partial charge in [0, 0.05) is 38.6 Å². The Kier molecular flexibility index (Phi) is 6.34. The Balaban J connectivity index is 1.73. The van der Waals surface area contributed by atoms with E-state index in [1.54, 1.807) is 0 Å². The Labute approximate surface area is 183 Å². The number of benzene rings is 1. The highest BCUT2D eigenvalue weighted by Crippen LogP contribution is 2.29. The summed E-state index contributed by atoms with van der Waals surface area (Å²) in [5.41, 5.74) is 1.81. The molecule has 1 N–H and O–H groups in total. The molecule has 0 spiro atoms. The number of nitrogens with one attached hydrogen (secondary N) is 1. The molecule has 8 heteroatoms. The van der Waals surface area contributed by atoms with E-state index in [0.717, 1.165) is 60.8 Å². The third-order valence-electron chi connectivity index (χ3n) is 5.89. The summed E-state index contributed by atoms with van der Waals surface area (Å²) in [5.74, 6) is 2.01. The van der Waals surface area contributed by atoms with Crippen LogP contribution in [0.5, 0.6) is 0 Å². The van der Waals surface area contributed by atoms with Gasteiger partial charge in [0.25, 0.3) is 0 Å². The number of hydrogen-bond acceptors (Lipinski definition) is 5. The SMILES string of the molecule is CCNC(=O)N1CCCN(c2nc(C(C)CC)nc3c2cnn3-c2ccccc2)CC1. The van der Waals surface area contributed by atoms with Crippen molar-refractivity contribution in [2.75, 3.05) is 37.6 Å². The van der Waals surface area contributed by atoms with Crippen LogP contribution in [0.15, 0.2) is 36.5 Å².